The molecule has 0 saturated carbocycles. The van der Waals surface area contributed by atoms with Crippen LogP contribution in [0.4, 0.5) is 10.5 Å². The van der Waals surface area contributed by atoms with Crippen molar-refractivity contribution in [3.8, 4) is 0 Å². The molecule has 3 amide bonds. The maximum atomic E-state index is 14.2. The molecule has 2 atom stereocenters. The molecule has 3 rings (SSSR count). The van der Waals surface area contributed by atoms with Gasteiger partial charge in [0.15, 0.2) is 0 Å². The summed E-state index contributed by atoms with van der Waals surface area (Å²) in [7, 11) is 0. The predicted octanol–water partition coefficient (Wildman–Crippen LogP) is 7.09. The first-order chi connectivity index (χ1) is 19.3. The topological polar surface area (TPSA) is 87.7 Å². The van der Waals surface area contributed by atoms with Crippen molar-refractivity contribution in [2.24, 2.45) is 5.92 Å². The Morgan fingerprint density at radius 1 is 0.951 bits per heavy atom. The highest BCUT2D eigenvalue weighted by molar-refractivity contribution is 6.00. The first-order valence-electron chi connectivity index (χ1n) is 14.1. The molecule has 7 heteroatoms. The van der Waals surface area contributed by atoms with E-state index in [1.807, 2.05) is 88.4 Å². The second-order valence-electron chi connectivity index (χ2n) is 12.0. The van der Waals surface area contributed by atoms with E-state index in [4.69, 9.17) is 4.74 Å². The first-order valence-corrected chi connectivity index (χ1v) is 14.1. The normalized spacial score (nSPS) is 12.9. The van der Waals surface area contributed by atoms with Gasteiger partial charge in [0.05, 0.1) is 0 Å². The van der Waals surface area contributed by atoms with Crippen molar-refractivity contribution < 1.29 is 19.1 Å². The van der Waals surface area contributed by atoms with E-state index in [0.29, 0.717) is 17.7 Å². The number of hydrogen-bond acceptors (Lipinski definition) is 4. The van der Waals surface area contributed by atoms with Gasteiger partial charge in [-0.25, -0.2) is 4.79 Å². The lowest BCUT2D eigenvalue weighted by atomic mass is 9.96. The zero-order valence-electron chi connectivity index (χ0n) is 25.3. The third kappa shape index (κ3) is 8.93. The van der Waals surface area contributed by atoms with Gasteiger partial charge in [-0.1, -0.05) is 79.6 Å². The molecule has 2 unspecified atom stereocenters. The van der Waals surface area contributed by atoms with Crippen molar-refractivity contribution in [3.05, 3.63) is 90.0 Å². The molecule has 0 aromatic heterocycles. The van der Waals surface area contributed by atoms with Crippen LogP contribution >= 0.6 is 0 Å². The maximum Gasteiger partial charge on any atom is 0.408 e. The van der Waals surface area contributed by atoms with Crippen molar-refractivity contribution in [3.63, 3.8) is 0 Å². The van der Waals surface area contributed by atoms with E-state index in [2.05, 4.69) is 17.2 Å². The summed E-state index contributed by atoms with van der Waals surface area (Å²) in [5, 5.41) is 7.85. The minimum absolute atomic E-state index is 0.0931. The number of carbonyl (C=O) groups is 3. The molecule has 0 heterocycles. The molecule has 0 bridgehead atoms. The van der Waals surface area contributed by atoms with Gasteiger partial charge in [0, 0.05) is 12.2 Å². The Bertz CT molecular complexity index is 1390. The van der Waals surface area contributed by atoms with E-state index in [0.717, 1.165) is 21.9 Å². The molecular weight excluding hydrogens is 514 g/mol. The van der Waals surface area contributed by atoms with Gasteiger partial charge < -0.3 is 20.3 Å². The third-order valence-corrected chi connectivity index (χ3v) is 6.44. The van der Waals surface area contributed by atoms with Crippen LogP contribution in [0.3, 0.4) is 0 Å². The number of nitrogens with one attached hydrogen (secondary N) is 2. The zero-order valence-corrected chi connectivity index (χ0v) is 25.3. The molecule has 2 N–H and O–H groups in total. The van der Waals surface area contributed by atoms with Gasteiger partial charge in [0.1, 0.15) is 17.7 Å². The lowest BCUT2D eigenvalue weighted by molar-refractivity contribution is -0.140. The minimum atomic E-state index is -0.972. The lowest BCUT2D eigenvalue weighted by Crippen LogP contribution is -2.52. The van der Waals surface area contributed by atoms with Crippen LogP contribution in [0.15, 0.2) is 73.3 Å². The van der Waals surface area contributed by atoms with Crippen molar-refractivity contribution in [1.29, 1.82) is 0 Å². The Labute approximate surface area is 244 Å². The maximum absolute atomic E-state index is 14.2. The quantitative estimate of drug-likeness (QED) is 0.261. The molecule has 41 heavy (non-hydrogen) atoms. The number of anilines is 1. The number of amides is 3. The number of aryl methyl sites for hydroxylation is 2. The smallest absolute Gasteiger partial charge is 0.408 e. The Morgan fingerprint density at radius 3 is 2.17 bits per heavy atom. The van der Waals surface area contributed by atoms with Gasteiger partial charge in [0.2, 0.25) is 5.91 Å². The summed E-state index contributed by atoms with van der Waals surface area (Å²) >= 11 is 0. The molecule has 218 valence electrons. The third-order valence-electron chi connectivity index (χ3n) is 6.44. The van der Waals surface area contributed by atoms with E-state index < -0.39 is 23.8 Å². The van der Waals surface area contributed by atoms with Crippen molar-refractivity contribution in [2.75, 3.05) is 11.9 Å². The number of rotatable bonds is 10. The van der Waals surface area contributed by atoms with Gasteiger partial charge in [-0.3, -0.25) is 9.59 Å². The molecule has 0 aliphatic carbocycles. The highest BCUT2D eigenvalue weighted by Gasteiger charge is 2.36. The molecule has 0 aliphatic rings. The summed E-state index contributed by atoms with van der Waals surface area (Å²) in [5.41, 5.74) is 2.52. The SMILES string of the molecule is C=CCN(C(=O)C(CC(C)C)NC(=O)OC(C)(C)C)C(C(=O)Nc1ccc2ccccc2c1)c1cc(C)cc(C)c1. The number of carbonyl (C=O) groups excluding carboxylic acids is 3. The van der Waals surface area contributed by atoms with Crippen LogP contribution in [0.2, 0.25) is 0 Å². The van der Waals surface area contributed by atoms with E-state index >= 15 is 0 Å². The molecular formula is C34H43N3O4. The molecule has 0 aliphatic heterocycles. The summed E-state index contributed by atoms with van der Waals surface area (Å²) < 4.78 is 5.46. The average molecular weight is 558 g/mol. The Hall–Kier alpha value is -4.13. The van der Waals surface area contributed by atoms with Crippen LogP contribution in [0.1, 0.15) is 63.8 Å². The standard InChI is InChI=1S/C34H43N3O4/c1-9-16-37(32(39)29(17-22(2)3)36-33(40)41-34(6,7)8)30(27-19-23(4)18-24(5)20-27)31(38)35-28-15-14-25-12-10-11-13-26(25)21-28/h9-15,18-22,29-30H,1,16-17H2,2-8H3,(H,35,38)(H,36,40). The van der Waals surface area contributed by atoms with E-state index in [1.165, 1.54) is 4.90 Å². The summed E-state index contributed by atoms with van der Waals surface area (Å²) in [6, 6.07) is 17.6. The molecule has 7 nitrogen and oxygen atoms in total. The summed E-state index contributed by atoms with van der Waals surface area (Å²) in [6.45, 7) is 17.1. The summed E-state index contributed by atoms with van der Waals surface area (Å²) in [6.07, 6.45) is 1.28. The second kappa shape index (κ2) is 13.5. The molecule has 3 aromatic rings. The molecule has 0 spiro atoms. The van der Waals surface area contributed by atoms with Gasteiger partial charge >= 0.3 is 6.09 Å². The van der Waals surface area contributed by atoms with Crippen LogP contribution in [-0.4, -0.2) is 41.0 Å². The molecule has 3 aromatic carbocycles. The van der Waals surface area contributed by atoms with Gasteiger partial charge in [-0.2, -0.15) is 0 Å². The number of ether oxygens (including phenoxy) is 1. The fourth-order valence-electron chi connectivity index (χ4n) is 4.92. The number of nitrogens with zero attached hydrogens (tertiary/aromatic N) is 1. The molecule has 0 fully saturated rings. The molecule has 0 saturated heterocycles. The van der Waals surface area contributed by atoms with Crippen molar-refractivity contribution >= 4 is 34.4 Å². The highest BCUT2D eigenvalue weighted by Crippen LogP contribution is 2.28. The summed E-state index contributed by atoms with van der Waals surface area (Å²) in [5.74, 6) is -0.654. The minimum Gasteiger partial charge on any atom is -0.444 e. The van der Waals surface area contributed by atoms with Crippen LogP contribution in [-0.2, 0) is 14.3 Å². The van der Waals surface area contributed by atoms with Gasteiger partial charge in [-0.15, -0.1) is 6.58 Å². The number of benzene rings is 3. The summed E-state index contributed by atoms with van der Waals surface area (Å²) in [4.78, 5) is 42.5. The zero-order chi connectivity index (χ0) is 30.3. The average Bonchev–Trinajstić information content (AvgIpc) is 2.85. The Balaban J connectivity index is 2.04. The number of hydrogen-bond donors (Lipinski definition) is 2. The second-order valence-corrected chi connectivity index (χ2v) is 12.0. The van der Waals surface area contributed by atoms with Crippen LogP contribution in [0.5, 0.6) is 0 Å². The van der Waals surface area contributed by atoms with Crippen molar-refractivity contribution in [1.82, 2.24) is 10.2 Å². The Kier molecular flexibility index (Phi) is 10.3. The van der Waals surface area contributed by atoms with E-state index in [9.17, 15) is 14.4 Å². The van der Waals surface area contributed by atoms with Gasteiger partial charge in [0.25, 0.3) is 5.91 Å². The number of alkyl carbamates (subject to hydrolysis) is 1. The van der Waals surface area contributed by atoms with Crippen LogP contribution < -0.4 is 10.6 Å². The van der Waals surface area contributed by atoms with Crippen LogP contribution in [0.25, 0.3) is 10.8 Å². The van der Waals surface area contributed by atoms with E-state index in [-0.39, 0.29) is 24.3 Å². The van der Waals surface area contributed by atoms with Crippen molar-refractivity contribution in [2.45, 2.75) is 72.6 Å². The first kappa shape index (κ1) is 31.4. The van der Waals surface area contributed by atoms with Crippen LogP contribution in [0, 0.1) is 19.8 Å². The Morgan fingerprint density at radius 2 is 1.59 bits per heavy atom. The number of fused-ring (bicyclic) bond motifs is 1. The highest BCUT2D eigenvalue weighted by atomic mass is 16.6. The fourth-order valence-corrected chi connectivity index (χ4v) is 4.92. The lowest BCUT2D eigenvalue weighted by Gasteiger charge is -2.34. The van der Waals surface area contributed by atoms with Gasteiger partial charge in [-0.05, 0) is 75.4 Å². The monoisotopic (exact) mass is 557 g/mol. The molecule has 0 radical (unpaired) electrons. The predicted molar refractivity (Wildman–Crippen MR) is 166 cm³/mol. The fraction of sp³-hybridized carbons (Fsp3) is 0.382. The van der Waals surface area contributed by atoms with E-state index in [1.54, 1.807) is 26.8 Å². The largest absolute Gasteiger partial charge is 0.444 e.